The van der Waals surface area contributed by atoms with E-state index in [1.165, 1.54) is 29.3 Å². The summed E-state index contributed by atoms with van der Waals surface area (Å²) in [5, 5.41) is 6.79. The lowest BCUT2D eigenvalue weighted by Gasteiger charge is -2.27. The van der Waals surface area contributed by atoms with E-state index >= 15 is 0 Å². The number of nitrogens with zero attached hydrogens (tertiary/aromatic N) is 4. The fraction of sp³-hybridized carbons (Fsp3) is 0.636. The molecule has 0 amide bonds. The number of aromatic nitrogens is 1. The molecule has 0 aliphatic heterocycles. The van der Waals surface area contributed by atoms with Crippen LogP contribution >= 0.6 is 0 Å². The van der Waals surface area contributed by atoms with Gasteiger partial charge >= 0.3 is 0 Å². The normalized spacial score (nSPS) is 16.3. The van der Waals surface area contributed by atoms with Crippen LogP contribution in [0.5, 0.6) is 5.75 Å². The zero-order valence-corrected chi connectivity index (χ0v) is 19.5. The molecule has 1 aliphatic rings. The van der Waals surface area contributed by atoms with Gasteiger partial charge in [-0.3, -0.25) is 5.01 Å². The van der Waals surface area contributed by atoms with Crippen molar-refractivity contribution in [1.82, 2.24) is 15.0 Å². The van der Waals surface area contributed by atoms with Crippen LogP contribution in [-0.2, 0) is 0 Å². The highest BCUT2D eigenvalue weighted by molar-refractivity contribution is 5.82. The first-order valence-corrected chi connectivity index (χ1v) is 11.1. The van der Waals surface area contributed by atoms with Gasteiger partial charge in [0.05, 0.1) is 35.4 Å². The standard InChI is InChI=1S/C22H40N8O/c1-15(2)10-13-21(28-24)30(26)14-19(29(4)25)22(23)18-11-12-20(16(3)27-18)31-17-8-6-5-7-9-17/h11-12,15,17H,5-10,13-14,23-26H2,1-4H3/b22-19-,28-21-. The van der Waals surface area contributed by atoms with E-state index in [1.807, 2.05) is 19.1 Å². The Kier molecular flexibility index (Phi) is 9.39. The van der Waals surface area contributed by atoms with E-state index in [4.69, 9.17) is 28.0 Å². The van der Waals surface area contributed by atoms with E-state index in [2.05, 4.69) is 23.9 Å². The molecule has 9 nitrogen and oxygen atoms in total. The Morgan fingerprint density at radius 1 is 1.23 bits per heavy atom. The Balaban J connectivity index is 2.18. The topological polar surface area (TPSA) is 145 Å². The minimum Gasteiger partial charge on any atom is -0.489 e. The van der Waals surface area contributed by atoms with Crippen LogP contribution in [0.4, 0.5) is 0 Å². The lowest BCUT2D eigenvalue weighted by molar-refractivity contribution is 0.153. The molecule has 1 heterocycles. The third-order valence-electron chi connectivity index (χ3n) is 5.64. The molecule has 1 aliphatic carbocycles. The number of hydrogen-bond acceptors (Lipinski definition) is 8. The molecular weight excluding hydrogens is 392 g/mol. The number of hydrazine groups is 2. The van der Waals surface area contributed by atoms with Crippen LogP contribution in [0.3, 0.4) is 0 Å². The van der Waals surface area contributed by atoms with Crippen LogP contribution < -0.4 is 28.0 Å². The van der Waals surface area contributed by atoms with Gasteiger partial charge in [-0.2, -0.15) is 5.10 Å². The quantitative estimate of drug-likeness (QED) is 0.201. The number of rotatable bonds is 9. The van der Waals surface area contributed by atoms with Crippen molar-refractivity contribution < 1.29 is 4.74 Å². The average Bonchev–Trinajstić information content (AvgIpc) is 2.73. The van der Waals surface area contributed by atoms with Gasteiger partial charge < -0.3 is 21.3 Å². The monoisotopic (exact) mass is 432 g/mol. The molecule has 0 saturated heterocycles. The van der Waals surface area contributed by atoms with Crippen LogP contribution in [0.1, 0.15) is 70.2 Å². The maximum atomic E-state index is 6.46. The third kappa shape index (κ3) is 7.29. The summed E-state index contributed by atoms with van der Waals surface area (Å²) < 4.78 is 6.17. The van der Waals surface area contributed by atoms with Crippen LogP contribution in [-0.4, -0.2) is 40.5 Å². The predicted octanol–water partition coefficient (Wildman–Crippen LogP) is 2.42. The molecule has 9 heteroatoms. The molecule has 0 bridgehead atoms. The molecule has 0 aromatic carbocycles. The number of likely N-dealkylation sites (N-methyl/N-ethyl adjacent to an activating group) is 1. The Hall–Kier alpha value is -2.52. The zero-order chi connectivity index (χ0) is 23.0. The van der Waals surface area contributed by atoms with Crippen molar-refractivity contribution in [2.45, 2.75) is 71.8 Å². The smallest absolute Gasteiger partial charge is 0.140 e. The number of hydrazone groups is 1. The van der Waals surface area contributed by atoms with Gasteiger partial charge in [-0.1, -0.05) is 20.3 Å². The van der Waals surface area contributed by atoms with Crippen molar-refractivity contribution in [3.05, 3.63) is 29.2 Å². The first kappa shape index (κ1) is 24.7. The van der Waals surface area contributed by atoms with E-state index < -0.39 is 0 Å². The minimum atomic E-state index is 0.258. The van der Waals surface area contributed by atoms with Gasteiger partial charge in [0.15, 0.2) is 0 Å². The van der Waals surface area contributed by atoms with Gasteiger partial charge in [-0.25, -0.2) is 16.7 Å². The second-order valence-corrected chi connectivity index (χ2v) is 8.73. The summed E-state index contributed by atoms with van der Waals surface area (Å²) >= 11 is 0. The highest BCUT2D eigenvalue weighted by Crippen LogP contribution is 2.26. The van der Waals surface area contributed by atoms with Crippen molar-refractivity contribution in [1.29, 1.82) is 0 Å². The van der Waals surface area contributed by atoms with Gasteiger partial charge in [-0.05, 0) is 57.1 Å². The van der Waals surface area contributed by atoms with E-state index in [0.29, 0.717) is 35.3 Å². The van der Waals surface area contributed by atoms with Gasteiger partial charge in [0, 0.05) is 13.5 Å². The fourth-order valence-corrected chi connectivity index (χ4v) is 3.67. The van der Waals surface area contributed by atoms with Gasteiger partial charge in [0.1, 0.15) is 11.6 Å². The first-order chi connectivity index (χ1) is 14.7. The van der Waals surface area contributed by atoms with Gasteiger partial charge in [0.2, 0.25) is 0 Å². The average molecular weight is 433 g/mol. The van der Waals surface area contributed by atoms with Gasteiger partial charge in [0.25, 0.3) is 0 Å². The molecule has 1 fully saturated rings. The van der Waals surface area contributed by atoms with Crippen LogP contribution in [0.25, 0.3) is 5.70 Å². The second kappa shape index (κ2) is 11.8. The molecule has 0 radical (unpaired) electrons. The molecular formula is C22H40N8O. The number of nitrogens with two attached hydrogens (primary N) is 4. The molecule has 1 aromatic rings. The number of amidine groups is 1. The summed E-state index contributed by atoms with van der Waals surface area (Å²) in [4.78, 5) is 4.67. The number of ether oxygens (including phenoxy) is 1. The summed E-state index contributed by atoms with van der Waals surface area (Å²) in [6.45, 7) is 6.47. The summed E-state index contributed by atoms with van der Waals surface area (Å²) in [6, 6.07) is 3.80. The van der Waals surface area contributed by atoms with E-state index in [0.717, 1.165) is 30.7 Å². The van der Waals surface area contributed by atoms with Crippen LogP contribution in [0.15, 0.2) is 22.9 Å². The Bertz CT molecular complexity index is 769. The largest absolute Gasteiger partial charge is 0.489 e. The fourth-order valence-electron chi connectivity index (χ4n) is 3.67. The number of pyridine rings is 1. The second-order valence-electron chi connectivity index (χ2n) is 8.73. The van der Waals surface area contributed by atoms with Gasteiger partial charge in [-0.15, -0.1) is 0 Å². The minimum absolute atomic E-state index is 0.258. The summed E-state index contributed by atoms with van der Waals surface area (Å²) in [5.74, 6) is 19.8. The number of aryl methyl sites for hydroxylation is 1. The van der Waals surface area contributed by atoms with E-state index in [1.54, 1.807) is 7.05 Å². The molecule has 0 unspecified atom stereocenters. The highest BCUT2D eigenvalue weighted by atomic mass is 16.5. The summed E-state index contributed by atoms with van der Waals surface area (Å²) in [7, 11) is 1.72. The first-order valence-electron chi connectivity index (χ1n) is 11.1. The van der Waals surface area contributed by atoms with Crippen LogP contribution in [0, 0.1) is 12.8 Å². The van der Waals surface area contributed by atoms with Crippen molar-refractivity contribution in [3.8, 4) is 5.75 Å². The maximum absolute atomic E-state index is 6.46. The van der Waals surface area contributed by atoms with E-state index in [9.17, 15) is 0 Å². The van der Waals surface area contributed by atoms with Crippen molar-refractivity contribution >= 4 is 11.5 Å². The summed E-state index contributed by atoms with van der Waals surface area (Å²) in [6.07, 6.45) is 7.80. The Morgan fingerprint density at radius 3 is 2.45 bits per heavy atom. The molecule has 0 spiro atoms. The molecule has 1 saturated carbocycles. The molecule has 31 heavy (non-hydrogen) atoms. The lowest BCUT2D eigenvalue weighted by atomic mass is 9.98. The van der Waals surface area contributed by atoms with Crippen molar-refractivity contribution in [3.63, 3.8) is 0 Å². The Labute approximate surface area is 186 Å². The molecule has 0 atom stereocenters. The zero-order valence-electron chi connectivity index (χ0n) is 19.5. The van der Waals surface area contributed by atoms with E-state index in [-0.39, 0.29) is 12.6 Å². The molecule has 8 N–H and O–H groups in total. The molecule has 2 rings (SSSR count). The third-order valence-corrected chi connectivity index (χ3v) is 5.64. The van der Waals surface area contributed by atoms with Crippen molar-refractivity contribution in [2.24, 2.45) is 34.3 Å². The number of hydrogen-bond donors (Lipinski definition) is 4. The summed E-state index contributed by atoms with van der Waals surface area (Å²) in [5.41, 5.74) is 8.96. The SMILES string of the molecule is Cc1nc(/C(N)=C(\CN(N)/C(CCC(C)C)=N\N)N(C)N)ccc1OC1CCCCC1. The molecule has 174 valence electrons. The van der Waals surface area contributed by atoms with Crippen LogP contribution in [0.2, 0.25) is 0 Å². The predicted molar refractivity (Wildman–Crippen MR) is 126 cm³/mol. The Morgan fingerprint density at radius 2 is 1.90 bits per heavy atom. The lowest BCUT2D eigenvalue weighted by Crippen LogP contribution is -2.44. The highest BCUT2D eigenvalue weighted by Gasteiger charge is 2.19. The maximum Gasteiger partial charge on any atom is 0.140 e. The molecule has 1 aromatic heterocycles. The van der Waals surface area contributed by atoms with Crippen molar-refractivity contribution in [2.75, 3.05) is 13.6 Å².